The van der Waals surface area contributed by atoms with Crippen LogP contribution in [0.5, 0.6) is 0 Å². The van der Waals surface area contributed by atoms with Crippen molar-refractivity contribution in [1.29, 1.82) is 0 Å². The van der Waals surface area contributed by atoms with Gasteiger partial charge in [0.15, 0.2) is 0 Å². The molecule has 1 saturated carbocycles. The van der Waals surface area contributed by atoms with E-state index in [0.29, 0.717) is 12.5 Å². The average molecular weight is 233 g/mol. The van der Waals surface area contributed by atoms with E-state index < -0.39 is 0 Å². The van der Waals surface area contributed by atoms with Crippen molar-refractivity contribution in [3.8, 4) is 0 Å². The number of hydrogen-bond acceptors (Lipinski definition) is 2. The van der Waals surface area contributed by atoms with Gasteiger partial charge in [-0.1, -0.05) is 13.8 Å². The van der Waals surface area contributed by atoms with Gasteiger partial charge in [-0.2, -0.15) is 5.10 Å². The SMILES string of the molecule is CC(C)c1cc2n(n1)CC(=O)N(CC1CC1)C2. The topological polar surface area (TPSA) is 38.1 Å². The maximum Gasteiger partial charge on any atom is 0.244 e. The molecule has 0 radical (unpaired) electrons. The molecular formula is C13H19N3O. The van der Waals surface area contributed by atoms with Crippen LogP contribution >= 0.6 is 0 Å². The Morgan fingerprint density at radius 3 is 2.82 bits per heavy atom. The third kappa shape index (κ3) is 2.08. The second kappa shape index (κ2) is 3.86. The molecule has 0 aromatic carbocycles. The van der Waals surface area contributed by atoms with Crippen molar-refractivity contribution < 1.29 is 4.79 Å². The summed E-state index contributed by atoms with van der Waals surface area (Å²) in [5, 5.41) is 4.50. The van der Waals surface area contributed by atoms with Crippen LogP contribution in [-0.4, -0.2) is 27.1 Å². The summed E-state index contributed by atoms with van der Waals surface area (Å²) < 4.78 is 1.88. The number of hydrogen-bond donors (Lipinski definition) is 0. The first-order valence-corrected chi connectivity index (χ1v) is 6.48. The number of carbonyl (C=O) groups excluding carboxylic acids is 1. The van der Waals surface area contributed by atoms with Crippen molar-refractivity contribution in [1.82, 2.24) is 14.7 Å². The smallest absolute Gasteiger partial charge is 0.244 e. The molecule has 0 N–H and O–H groups in total. The molecule has 17 heavy (non-hydrogen) atoms. The zero-order valence-corrected chi connectivity index (χ0v) is 10.5. The van der Waals surface area contributed by atoms with Gasteiger partial charge in [0.05, 0.1) is 17.9 Å². The van der Waals surface area contributed by atoms with Gasteiger partial charge in [0.25, 0.3) is 0 Å². The number of nitrogens with zero attached hydrogens (tertiary/aromatic N) is 3. The van der Waals surface area contributed by atoms with E-state index in [9.17, 15) is 4.79 Å². The minimum atomic E-state index is 0.225. The van der Waals surface area contributed by atoms with Gasteiger partial charge in [-0.3, -0.25) is 9.48 Å². The van der Waals surface area contributed by atoms with Crippen LogP contribution in [-0.2, 0) is 17.9 Å². The molecule has 4 nitrogen and oxygen atoms in total. The number of amides is 1. The molecule has 0 saturated heterocycles. The quantitative estimate of drug-likeness (QED) is 0.798. The first kappa shape index (κ1) is 10.8. The van der Waals surface area contributed by atoms with Crippen molar-refractivity contribution >= 4 is 5.91 Å². The van der Waals surface area contributed by atoms with Crippen LogP contribution in [0.3, 0.4) is 0 Å². The van der Waals surface area contributed by atoms with Crippen LogP contribution < -0.4 is 0 Å². The Morgan fingerprint density at radius 2 is 2.18 bits per heavy atom. The Hall–Kier alpha value is -1.32. The molecule has 1 aromatic rings. The number of aromatic nitrogens is 2. The van der Waals surface area contributed by atoms with Gasteiger partial charge in [-0.05, 0) is 30.7 Å². The molecule has 1 amide bonds. The largest absolute Gasteiger partial charge is 0.335 e. The molecule has 0 bridgehead atoms. The standard InChI is InChI=1S/C13H19N3O/c1-9(2)12-5-11-7-15(6-10-3-4-10)13(17)8-16(11)14-12/h5,9-10H,3-4,6-8H2,1-2H3. The predicted octanol–water partition coefficient (Wildman–Crippen LogP) is 1.76. The van der Waals surface area contributed by atoms with E-state index in [1.807, 2.05) is 9.58 Å². The van der Waals surface area contributed by atoms with E-state index in [-0.39, 0.29) is 5.91 Å². The van der Waals surface area contributed by atoms with Crippen molar-refractivity contribution in [3.05, 3.63) is 17.5 Å². The van der Waals surface area contributed by atoms with Crippen molar-refractivity contribution in [3.63, 3.8) is 0 Å². The van der Waals surface area contributed by atoms with Gasteiger partial charge in [0, 0.05) is 6.54 Å². The summed E-state index contributed by atoms with van der Waals surface area (Å²) in [4.78, 5) is 14.0. The highest BCUT2D eigenvalue weighted by molar-refractivity contribution is 5.77. The Bertz CT molecular complexity index is 446. The van der Waals surface area contributed by atoms with Gasteiger partial charge < -0.3 is 4.90 Å². The lowest BCUT2D eigenvalue weighted by Crippen LogP contribution is -2.40. The van der Waals surface area contributed by atoms with Gasteiger partial charge in [0.1, 0.15) is 6.54 Å². The molecule has 0 unspecified atom stereocenters. The van der Waals surface area contributed by atoms with Crippen LogP contribution in [0.2, 0.25) is 0 Å². The fraction of sp³-hybridized carbons (Fsp3) is 0.692. The molecular weight excluding hydrogens is 214 g/mol. The summed E-state index contributed by atoms with van der Waals surface area (Å²) in [6.45, 7) is 6.39. The number of rotatable bonds is 3. The minimum absolute atomic E-state index is 0.225. The van der Waals surface area contributed by atoms with E-state index in [0.717, 1.165) is 24.7 Å². The Balaban J connectivity index is 1.80. The van der Waals surface area contributed by atoms with Crippen LogP contribution in [0.25, 0.3) is 0 Å². The summed E-state index contributed by atoms with van der Waals surface area (Å²) >= 11 is 0. The van der Waals surface area contributed by atoms with Crippen LogP contribution in [0.4, 0.5) is 0 Å². The summed E-state index contributed by atoms with van der Waals surface area (Å²) in [5.41, 5.74) is 2.29. The van der Waals surface area contributed by atoms with Gasteiger partial charge >= 0.3 is 0 Å². The van der Waals surface area contributed by atoms with Crippen molar-refractivity contribution in [2.75, 3.05) is 6.54 Å². The minimum Gasteiger partial charge on any atom is -0.335 e. The average Bonchev–Trinajstić information content (AvgIpc) is 2.98. The number of carbonyl (C=O) groups is 1. The summed E-state index contributed by atoms with van der Waals surface area (Å²) in [6.07, 6.45) is 2.58. The molecule has 1 aliphatic heterocycles. The van der Waals surface area contributed by atoms with E-state index in [1.165, 1.54) is 18.5 Å². The molecule has 4 heteroatoms. The predicted molar refractivity (Wildman–Crippen MR) is 64.5 cm³/mol. The van der Waals surface area contributed by atoms with E-state index >= 15 is 0 Å². The third-order valence-electron chi connectivity index (χ3n) is 3.64. The van der Waals surface area contributed by atoms with E-state index in [2.05, 4.69) is 25.0 Å². The number of fused-ring (bicyclic) bond motifs is 1. The Morgan fingerprint density at radius 1 is 1.41 bits per heavy atom. The fourth-order valence-corrected chi connectivity index (χ4v) is 2.31. The zero-order chi connectivity index (χ0) is 12.0. The summed E-state index contributed by atoms with van der Waals surface area (Å²) in [7, 11) is 0. The highest BCUT2D eigenvalue weighted by atomic mass is 16.2. The second-order valence-electron chi connectivity index (χ2n) is 5.59. The zero-order valence-electron chi connectivity index (χ0n) is 10.5. The van der Waals surface area contributed by atoms with Crippen LogP contribution in [0, 0.1) is 5.92 Å². The summed E-state index contributed by atoms with van der Waals surface area (Å²) in [5.74, 6) is 1.42. The Kier molecular flexibility index (Phi) is 2.45. The molecule has 1 aliphatic carbocycles. The molecule has 2 aliphatic rings. The van der Waals surface area contributed by atoms with E-state index in [1.54, 1.807) is 0 Å². The van der Waals surface area contributed by atoms with E-state index in [4.69, 9.17) is 0 Å². The van der Waals surface area contributed by atoms with Gasteiger partial charge in [0.2, 0.25) is 5.91 Å². The van der Waals surface area contributed by atoms with Crippen LogP contribution in [0.15, 0.2) is 6.07 Å². The summed E-state index contributed by atoms with van der Waals surface area (Å²) in [6, 6.07) is 2.15. The second-order valence-corrected chi connectivity index (χ2v) is 5.59. The molecule has 2 heterocycles. The van der Waals surface area contributed by atoms with Crippen LogP contribution in [0.1, 0.15) is 44.0 Å². The highest BCUT2D eigenvalue weighted by Gasteiger charge is 2.30. The lowest BCUT2D eigenvalue weighted by Gasteiger charge is -2.27. The first-order chi connectivity index (χ1) is 8.13. The molecule has 0 spiro atoms. The molecule has 0 atom stereocenters. The van der Waals surface area contributed by atoms with Crippen molar-refractivity contribution in [2.24, 2.45) is 5.92 Å². The normalized spacial score (nSPS) is 19.9. The maximum atomic E-state index is 12.0. The fourth-order valence-electron chi connectivity index (χ4n) is 2.31. The monoisotopic (exact) mass is 233 g/mol. The first-order valence-electron chi connectivity index (χ1n) is 6.48. The molecule has 1 fully saturated rings. The van der Waals surface area contributed by atoms with Crippen molar-refractivity contribution in [2.45, 2.75) is 45.7 Å². The third-order valence-corrected chi connectivity index (χ3v) is 3.64. The molecule has 92 valence electrons. The lowest BCUT2D eigenvalue weighted by molar-refractivity contribution is -0.134. The maximum absolute atomic E-state index is 12.0. The Labute approximate surface area is 102 Å². The molecule has 1 aromatic heterocycles. The molecule has 3 rings (SSSR count). The van der Waals surface area contributed by atoms with Gasteiger partial charge in [-0.15, -0.1) is 0 Å². The van der Waals surface area contributed by atoms with Gasteiger partial charge in [-0.25, -0.2) is 0 Å². The lowest BCUT2D eigenvalue weighted by atomic mass is 10.1. The highest BCUT2D eigenvalue weighted by Crippen LogP contribution is 2.31.